The number of carboxylic acid groups (broad SMARTS) is 1. The maximum Gasteiger partial charge on any atom is 0.320 e. The molecule has 8 heteroatoms. The third-order valence-corrected chi connectivity index (χ3v) is 3.06. The van der Waals surface area contributed by atoms with Crippen LogP contribution in [0.2, 0.25) is 5.02 Å². The summed E-state index contributed by atoms with van der Waals surface area (Å²) >= 11 is 5.74. The first kappa shape index (κ1) is 15.0. The maximum absolute atomic E-state index is 11.0. The molecular weight excluding hydrogens is 300 g/mol. The van der Waals surface area contributed by atoms with Gasteiger partial charge in [0.15, 0.2) is 0 Å². The fourth-order valence-corrected chi connectivity index (χ4v) is 1.97. The average Bonchev–Trinajstić information content (AvgIpc) is 2.86. The van der Waals surface area contributed by atoms with Crippen molar-refractivity contribution in [3.8, 4) is 11.3 Å². The van der Waals surface area contributed by atoms with E-state index in [1.807, 2.05) is 0 Å². The molecule has 0 amide bonds. The highest BCUT2D eigenvalue weighted by Gasteiger charge is 2.20. The number of rotatable bonds is 5. The van der Waals surface area contributed by atoms with Gasteiger partial charge in [0.1, 0.15) is 17.6 Å². The molecule has 1 atom stereocenters. The standard InChI is InChI=1S/C13H11ClN2O5/c14-7-1-3-9(11(5-7)16(19)20)12-4-2-8(21-12)6-10(15)13(17)18/h1-5,10H,6,15H2,(H,17,18). The minimum Gasteiger partial charge on any atom is -0.480 e. The molecule has 0 aliphatic heterocycles. The lowest BCUT2D eigenvalue weighted by molar-refractivity contribution is -0.384. The van der Waals surface area contributed by atoms with Crippen LogP contribution in [0.1, 0.15) is 5.76 Å². The molecule has 1 heterocycles. The Kier molecular flexibility index (Phi) is 4.25. The molecule has 110 valence electrons. The van der Waals surface area contributed by atoms with Gasteiger partial charge in [-0.25, -0.2) is 0 Å². The molecule has 0 fully saturated rings. The number of hydrogen-bond donors (Lipinski definition) is 2. The first-order valence-corrected chi connectivity index (χ1v) is 6.27. The first-order valence-electron chi connectivity index (χ1n) is 5.90. The molecule has 1 unspecified atom stereocenters. The van der Waals surface area contributed by atoms with Crippen molar-refractivity contribution in [1.82, 2.24) is 0 Å². The number of furan rings is 1. The predicted octanol–water partition coefficient (Wildman–Crippen LogP) is 2.46. The summed E-state index contributed by atoms with van der Waals surface area (Å²) in [4.78, 5) is 21.2. The maximum atomic E-state index is 11.0. The van der Waals surface area contributed by atoms with Crippen LogP contribution in [-0.4, -0.2) is 22.0 Å². The average molecular weight is 311 g/mol. The lowest BCUT2D eigenvalue weighted by Gasteiger charge is -2.03. The zero-order valence-electron chi connectivity index (χ0n) is 10.7. The summed E-state index contributed by atoms with van der Waals surface area (Å²) < 4.78 is 5.43. The second-order valence-electron chi connectivity index (χ2n) is 4.33. The van der Waals surface area contributed by atoms with Gasteiger partial charge in [0, 0.05) is 17.5 Å². The van der Waals surface area contributed by atoms with Crippen LogP contribution in [0.15, 0.2) is 34.7 Å². The largest absolute Gasteiger partial charge is 0.480 e. The minimum atomic E-state index is -1.15. The second kappa shape index (κ2) is 5.94. The Balaban J connectivity index is 2.34. The second-order valence-corrected chi connectivity index (χ2v) is 4.77. The van der Waals surface area contributed by atoms with Crippen molar-refractivity contribution in [2.45, 2.75) is 12.5 Å². The van der Waals surface area contributed by atoms with Crippen molar-refractivity contribution in [2.24, 2.45) is 5.73 Å². The van der Waals surface area contributed by atoms with Gasteiger partial charge in [-0.05, 0) is 24.3 Å². The van der Waals surface area contributed by atoms with Crippen LogP contribution >= 0.6 is 11.6 Å². The molecule has 0 aliphatic carbocycles. The molecular formula is C13H11ClN2O5. The van der Waals surface area contributed by atoms with Gasteiger partial charge in [-0.2, -0.15) is 0 Å². The van der Waals surface area contributed by atoms with Gasteiger partial charge >= 0.3 is 5.97 Å². The van der Waals surface area contributed by atoms with Gasteiger partial charge in [-0.3, -0.25) is 14.9 Å². The van der Waals surface area contributed by atoms with E-state index in [0.717, 1.165) is 0 Å². The van der Waals surface area contributed by atoms with Crippen LogP contribution in [0.3, 0.4) is 0 Å². The number of carboxylic acids is 1. The molecule has 1 aromatic heterocycles. The number of nitrogens with two attached hydrogens (primary N) is 1. The molecule has 2 rings (SSSR count). The summed E-state index contributed by atoms with van der Waals surface area (Å²) in [6, 6.07) is 6.18. The van der Waals surface area contributed by atoms with Gasteiger partial charge in [0.05, 0.1) is 10.5 Å². The normalized spacial score (nSPS) is 12.1. The molecule has 0 saturated carbocycles. The van der Waals surface area contributed by atoms with Crippen LogP contribution in [0.4, 0.5) is 5.69 Å². The third-order valence-electron chi connectivity index (χ3n) is 2.82. The molecule has 2 aromatic rings. The van der Waals surface area contributed by atoms with Crippen LogP contribution in [0, 0.1) is 10.1 Å². The van der Waals surface area contributed by atoms with Crippen LogP contribution in [0.5, 0.6) is 0 Å². The Morgan fingerprint density at radius 1 is 1.43 bits per heavy atom. The Morgan fingerprint density at radius 2 is 2.14 bits per heavy atom. The molecule has 0 aliphatic rings. The molecule has 0 spiro atoms. The van der Waals surface area contributed by atoms with E-state index in [0.29, 0.717) is 5.76 Å². The summed E-state index contributed by atoms with van der Waals surface area (Å²) in [7, 11) is 0. The lowest BCUT2D eigenvalue weighted by Crippen LogP contribution is -2.32. The highest BCUT2D eigenvalue weighted by atomic mass is 35.5. The van der Waals surface area contributed by atoms with E-state index < -0.39 is 16.9 Å². The zero-order chi connectivity index (χ0) is 15.6. The minimum absolute atomic E-state index is 0.00325. The van der Waals surface area contributed by atoms with Crippen LogP contribution in [0.25, 0.3) is 11.3 Å². The molecule has 1 aromatic carbocycles. The molecule has 3 N–H and O–H groups in total. The Bertz CT molecular complexity index is 698. The van der Waals surface area contributed by atoms with Crippen LogP contribution < -0.4 is 5.73 Å². The van der Waals surface area contributed by atoms with Gasteiger partial charge in [-0.1, -0.05) is 11.6 Å². The number of nitrogens with zero attached hydrogens (tertiary/aromatic N) is 1. The van der Waals surface area contributed by atoms with Gasteiger partial charge < -0.3 is 15.3 Å². The third kappa shape index (κ3) is 3.39. The Morgan fingerprint density at radius 3 is 2.76 bits per heavy atom. The number of nitro groups is 1. The fraction of sp³-hybridized carbons (Fsp3) is 0.154. The van der Waals surface area contributed by atoms with Crippen LogP contribution in [-0.2, 0) is 11.2 Å². The Labute approximate surface area is 124 Å². The number of carbonyl (C=O) groups is 1. The highest BCUT2D eigenvalue weighted by molar-refractivity contribution is 6.30. The van der Waals surface area contributed by atoms with Crippen molar-refractivity contribution in [2.75, 3.05) is 0 Å². The zero-order valence-corrected chi connectivity index (χ0v) is 11.4. The van der Waals surface area contributed by atoms with E-state index in [2.05, 4.69) is 0 Å². The topological polar surface area (TPSA) is 120 Å². The number of aliphatic carboxylic acids is 1. The number of nitro benzene ring substituents is 1. The molecule has 0 bridgehead atoms. The van der Waals surface area contributed by atoms with Gasteiger partial charge in [0.2, 0.25) is 0 Å². The monoisotopic (exact) mass is 310 g/mol. The summed E-state index contributed by atoms with van der Waals surface area (Å²) in [5.74, 6) is -0.555. The van der Waals surface area contributed by atoms with E-state index >= 15 is 0 Å². The smallest absolute Gasteiger partial charge is 0.320 e. The summed E-state index contributed by atoms with van der Waals surface area (Å²) in [6.07, 6.45) is -0.00325. The molecule has 7 nitrogen and oxygen atoms in total. The van der Waals surface area contributed by atoms with Crippen molar-refractivity contribution in [1.29, 1.82) is 0 Å². The molecule has 0 saturated heterocycles. The van der Waals surface area contributed by atoms with E-state index in [1.165, 1.54) is 30.3 Å². The summed E-state index contributed by atoms with van der Waals surface area (Å²) in [5, 5.41) is 20.0. The van der Waals surface area contributed by atoms with Gasteiger partial charge in [-0.15, -0.1) is 0 Å². The Hall–Kier alpha value is -2.38. The highest BCUT2D eigenvalue weighted by Crippen LogP contribution is 2.33. The van der Waals surface area contributed by atoms with E-state index in [1.54, 1.807) is 0 Å². The summed E-state index contributed by atoms with van der Waals surface area (Å²) in [5.41, 5.74) is 5.48. The van der Waals surface area contributed by atoms with E-state index in [-0.39, 0.29) is 28.5 Å². The lowest BCUT2D eigenvalue weighted by atomic mass is 10.1. The molecule has 21 heavy (non-hydrogen) atoms. The predicted molar refractivity (Wildman–Crippen MR) is 75.1 cm³/mol. The number of halogens is 1. The SMILES string of the molecule is NC(Cc1ccc(-c2ccc(Cl)cc2[N+](=O)[O-])o1)C(=O)O. The number of benzene rings is 1. The quantitative estimate of drug-likeness (QED) is 0.646. The number of hydrogen-bond acceptors (Lipinski definition) is 5. The van der Waals surface area contributed by atoms with Crippen molar-refractivity contribution < 1.29 is 19.2 Å². The van der Waals surface area contributed by atoms with Gasteiger partial charge in [0.25, 0.3) is 5.69 Å². The fourth-order valence-electron chi connectivity index (χ4n) is 1.80. The van der Waals surface area contributed by atoms with Crippen molar-refractivity contribution in [3.05, 3.63) is 51.2 Å². The van der Waals surface area contributed by atoms with Crippen molar-refractivity contribution >= 4 is 23.3 Å². The van der Waals surface area contributed by atoms with E-state index in [9.17, 15) is 14.9 Å². The van der Waals surface area contributed by atoms with Crippen molar-refractivity contribution in [3.63, 3.8) is 0 Å². The molecule has 0 radical (unpaired) electrons. The van der Waals surface area contributed by atoms with E-state index in [4.69, 9.17) is 26.9 Å². The summed E-state index contributed by atoms with van der Waals surface area (Å²) in [6.45, 7) is 0. The first-order chi connectivity index (χ1) is 9.88.